The van der Waals surface area contributed by atoms with Crippen LogP contribution in [0.3, 0.4) is 0 Å². The summed E-state index contributed by atoms with van der Waals surface area (Å²) in [6, 6.07) is 0. The van der Waals surface area contributed by atoms with Crippen molar-refractivity contribution in [2.75, 3.05) is 52.9 Å². The summed E-state index contributed by atoms with van der Waals surface area (Å²) in [5.74, 6) is 0. The van der Waals surface area contributed by atoms with Crippen LogP contribution in [-0.4, -0.2) is 63.4 Å². The molecule has 0 unspecified atom stereocenters. The molecule has 0 saturated heterocycles. The molecule has 0 saturated carbocycles. The molecule has 16 heavy (non-hydrogen) atoms. The Kier molecular flexibility index (Phi) is 12.4. The topological polar surface area (TPSA) is 74.2 Å². The zero-order valence-corrected chi connectivity index (χ0v) is 9.78. The summed E-state index contributed by atoms with van der Waals surface area (Å²) >= 11 is 4.93. The third-order valence-electron chi connectivity index (χ3n) is 1.42. The highest BCUT2D eigenvalue weighted by Gasteiger charge is 1.95. The molecule has 6 nitrogen and oxygen atoms in total. The minimum atomic E-state index is -0.833. The van der Waals surface area contributed by atoms with Gasteiger partial charge in [-0.3, -0.25) is 0 Å². The van der Waals surface area contributed by atoms with Crippen LogP contribution in [0.1, 0.15) is 0 Å². The third kappa shape index (κ3) is 13.6. The number of aliphatic hydroxyl groups is 1. The number of halogens is 1. The first-order chi connectivity index (χ1) is 7.77. The van der Waals surface area contributed by atoms with Crippen LogP contribution in [0.4, 0.5) is 4.79 Å². The van der Waals surface area contributed by atoms with E-state index in [0.29, 0.717) is 39.6 Å². The Morgan fingerprint density at radius 2 is 1.31 bits per heavy atom. The van der Waals surface area contributed by atoms with Gasteiger partial charge < -0.3 is 24.1 Å². The minimum absolute atomic E-state index is 0.0163. The SMILES string of the molecule is O=C(Cl)OCCOCCOCCOCCO. The van der Waals surface area contributed by atoms with E-state index in [9.17, 15) is 4.79 Å². The fraction of sp³-hybridized carbons (Fsp3) is 0.889. The lowest BCUT2D eigenvalue weighted by molar-refractivity contribution is 0.00180. The van der Waals surface area contributed by atoms with Gasteiger partial charge in [-0.15, -0.1) is 0 Å². The van der Waals surface area contributed by atoms with Gasteiger partial charge in [0.1, 0.15) is 6.61 Å². The van der Waals surface area contributed by atoms with Gasteiger partial charge in [0, 0.05) is 11.6 Å². The molecule has 0 spiro atoms. The summed E-state index contributed by atoms with van der Waals surface area (Å²) in [5.41, 5.74) is -0.833. The summed E-state index contributed by atoms with van der Waals surface area (Å²) < 4.78 is 19.6. The lowest BCUT2D eigenvalue weighted by atomic mass is 10.7. The first kappa shape index (κ1) is 15.6. The van der Waals surface area contributed by atoms with E-state index in [1.54, 1.807) is 0 Å². The Bertz CT molecular complexity index is 166. The largest absolute Gasteiger partial charge is 0.451 e. The quantitative estimate of drug-likeness (QED) is 0.426. The Morgan fingerprint density at radius 3 is 1.75 bits per heavy atom. The molecular weight excluding hydrogens is 240 g/mol. The average Bonchev–Trinajstić information content (AvgIpc) is 2.25. The van der Waals surface area contributed by atoms with Crippen LogP contribution < -0.4 is 0 Å². The Labute approximate surface area is 99.4 Å². The van der Waals surface area contributed by atoms with Gasteiger partial charge in [-0.2, -0.15) is 0 Å². The Hall–Kier alpha value is -0.400. The van der Waals surface area contributed by atoms with Gasteiger partial charge in [0.2, 0.25) is 0 Å². The highest BCUT2D eigenvalue weighted by Crippen LogP contribution is 1.87. The molecule has 0 aliphatic heterocycles. The summed E-state index contributed by atoms with van der Waals surface area (Å²) in [5, 5.41) is 8.40. The molecule has 0 fully saturated rings. The number of hydrogen-bond donors (Lipinski definition) is 1. The molecule has 0 heterocycles. The fourth-order valence-corrected chi connectivity index (χ4v) is 0.864. The molecule has 0 aliphatic rings. The monoisotopic (exact) mass is 256 g/mol. The van der Waals surface area contributed by atoms with Gasteiger partial charge in [-0.05, 0) is 0 Å². The normalized spacial score (nSPS) is 10.4. The van der Waals surface area contributed by atoms with Gasteiger partial charge in [0.15, 0.2) is 0 Å². The number of carbonyl (C=O) groups excluding carboxylic acids is 1. The zero-order chi connectivity index (χ0) is 12.1. The first-order valence-corrected chi connectivity index (χ1v) is 5.31. The second kappa shape index (κ2) is 12.7. The van der Waals surface area contributed by atoms with Gasteiger partial charge in [-0.25, -0.2) is 4.79 Å². The van der Waals surface area contributed by atoms with Crippen LogP contribution in [-0.2, 0) is 18.9 Å². The molecule has 0 bridgehead atoms. The highest BCUT2D eigenvalue weighted by molar-refractivity contribution is 6.61. The summed E-state index contributed by atoms with van der Waals surface area (Å²) in [6.45, 7) is 2.54. The van der Waals surface area contributed by atoms with E-state index in [0.717, 1.165) is 0 Å². The summed E-state index contributed by atoms with van der Waals surface area (Å²) in [6.07, 6.45) is 0. The van der Waals surface area contributed by atoms with Crippen LogP contribution >= 0.6 is 11.6 Å². The van der Waals surface area contributed by atoms with Crippen molar-refractivity contribution in [3.8, 4) is 0 Å². The number of ether oxygens (including phenoxy) is 4. The average molecular weight is 257 g/mol. The van der Waals surface area contributed by atoms with Crippen LogP contribution in [0.25, 0.3) is 0 Å². The second-order valence-corrected chi connectivity index (χ2v) is 2.96. The molecule has 0 rings (SSSR count). The van der Waals surface area contributed by atoms with Gasteiger partial charge in [0.25, 0.3) is 0 Å². The number of rotatable bonds is 11. The molecule has 0 aromatic rings. The Balaban J connectivity index is 2.90. The first-order valence-electron chi connectivity index (χ1n) is 4.93. The van der Waals surface area contributed by atoms with Gasteiger partial charge in [-0.1, -0.05) is 0 Å². The molecule has 7 heteroatoms. The van der Waals surface area contributed by atoms with E-state index in [1.807, 2.05) is 0 Å². The van der Waals surface area contributed by atoms with Crippen molar-refractivity contribution in [2.45, 2.75) is 0 Å². The van der Waals surface area contributed by atoms with Crippen molar-refractivity contribution in [1.29, 1.82) is 0 Å². The minimum Gasteiger partial charge on any atom is -0.451 e. The standard InChI is InChI=1S/C9H17ClO6/c10-9(12)16-8-7-15-6-5-14-4-3-13-2-1-11/h11H,1-8H2. The van der Waals surface area contributed by atoms with Crippen molar-refractivity contribution in [3.63, 3.8) is 0 Å². The lowest BCUT2D eigenvalue weighted by Crippen LogP contribution is -2.12. The van der Waals surface area contributed by atoms with E-state index in [1.165, 1.54) is 0 Å². The van der Waals surface area contributed by atoms with E-state index in [4.69, 9.17) is 30.9 Å². The maximum absolute atomic E-state index is 10.1. The molecule has 0 amide bonds. The van der Waals surface area contributed by atoms with Crippen molar-refractivity contribution in [3.05, 3.63) is 0 Å². The van der Waals surface area contributed by atoms with Crippen molar-refractivity contribution < 1.29 is 28.8 Å². The second-order valence-electron chi connectivity index (χ2n) is 2.65. The maximum atomic E-state index is 10.1. The number of hydrogen-bond acceptors (Lipinski definition) is 6. The van der Waals surface area contributed by atoms with E-state index >= 15 is 0 Å². The van der Waals surface area contributed by atoms with Crippen molar-refractivity contribution in [1.82, 2.24) is 0 Å². The van der Waals surface area contributed by atoms with Crippen molar-refractivity contribution >= 4 is 17.0 Å². The predicted octanol–water partition coefficient (Wildman–Crippen LogP) is 0.404. The van der Waals surface area contributed by atoms with Crippen LogP contribution in [0.5, 0.6) is 0 Å². The van der Waals surface area contributed by atoms with Crippen LogP contribution in [0, 0.1) is 0 Å². The molecule has 0 radical (unpaired) electrons. The molecule has 0 aromatic carbocycles. The fourth-order valence-electron chi connectivity index (χ4n) is 0.787. The van der Waals surface area contributed by atoms with Gasteiger partial charge >= 0.3 is 5.43 Å². The molecule has 0 aliphatic carbocycles. The zero-order valence-electron chi connectivity index (χ0n) is 9.02. The third-order valence-corrected chi connectivity index (χ3v) is 1.53. The number of aliphatic hydroxyl groups excluding tert-OH is 1. The lowest BCUT2D eigenvalue weighted by Gasteiger charge is -2.05. The molecule has 0 aromatic heterocycles. The highest BCUT2D eigenvalue weighted by atomic mass is 35.5. The molecular formula is C9H17ClO6. The number of carbonyl (C=O) groups is 1. The van der Waals surface area contributed by atoms with E-state index in [-0.39, 0.29) is 13.2 Å². The van der Waals surface area contributed by atoms with E-state index < -0.39 is 5.43 Å². The van der Waals surface area contributed by atoms with E-state index in [2.05, 4.69) is 4.74 Å². The molecule has 96 valence electrons. The Morgan fingerprint density at radius 1 is 0.875 bits per heavy atom. The van der Waals surface area contributed by atoms with Crippen molar-refractivity contribution in [2.24, 2.45) is 0 Å². The van der Waals surface area contributed by atoms with Crippen LogP contribution in [0.2, 0.25) is 0 Å². The van der Waals surface area contributed by atoms with Crippen LogP contribution in [0.15, 0.2) is 0 Å². The predicted molar refractivity (Wildman–Crippen MR) is 56.7 cm³/mol. The smallest absolute Gasteiger partial charge is 0.403 e. The molecule has 0 atom stereocenters. The molecule has 1 N–H and O–H groups in total. The maximum Gasteiger partial charge on any atom is 0.403 e. The van der Waals surface area contributed by atoms with Gasteiger partial charge in [0.05, 0.1) is 46.2 Å². The summed E-state index contributed by atoms with van der Waals surface area (Å²) in [4.78, 5) is 10.1. The summed E-state index contributed by atoms with van der Waals surface area (Å²) in [7, 11) is 0.